The van der Waals surface area contributed by atoms with E-state index in [1.165, 1.54) is 44.3 Å². The van der Waals surface area contributed by atoms with Crippen molar-refractivity contribution in [2.45, 2.75) is 57.9 Å². The Morgan fingerprint density at radius 1 is 1.18 bits per heavy atom. The van der Waals surface area contributed by atoms with Crippen molar-refractivity contribution in [3.05, 3.63) is 0 Å². The largest absolute Gasteiger partial charge is 0.329 e. The minimum absolute atomic E-state index is 0.196. The van der Waals surface area contributed by atoms with Crippen LogP contribution in [0.3, 0.4) is 0 Å². The first-order valence-corrected chi connectivity index (χ1v) is 8.40. The molecule has 0 aliphatic carbocycles. The van der Waals surface area contributed by atoms with Gasteiger partial charge in [-0.3, -0.25) is 4.90 Å². The molecule has 0 amide bonds. The van der Waals surface area contributed by atoms with Crippen LogP contribution >= 0.6 is 11.8 Å². The number of nitrogens with two attached hydrogens (primary N) is 1. The van der Waals surface area contributed by atoms with Gasteiger partial charge in [-0.25, -0.2) is 0 Å². The third-order valence-corrected chi connectivity index (χ3v) is 4.40. The Labute approximate surface area is 113 Å². The lowest BCUT2D eigenvalue weighted by Gasteiger charge is -2.38. The van der Waals surface area contributed by atoms with Crippen molar-refractivity contribution in [1.29, 1.82) is 0 Å². The van der Waals surface area contributed by atoms with Crippen LogP contribution in [0.25, 0.3) is 0 Å². The Bertz CT molecular complexity index is 176. The first-order chi connectivity index (χ1) is 8.10. The summed E-state index contributed by atoms with van der Waals surface area (Å²) < 4.78 is 0. The third-order valence-electron chi connectivity index (χ3n) is 3.81. The molecular formula is C14H32N2S. The molecule has 1 unspecified atom stereocenters. The lowest BCUT2D eigenvalue weighted by Crippen LogP contribution is -2.50. The van der Waals surface area contributed by atoms with E-state index in [1.807, 2.05) is 11.8 Å². The van der Waals surface area contributed by atoms with Crippen LogP contribution < -0.4 is 5.73 Å². The second-order valence-electron chi connectivity index (χ2n) is 5.28. The number of rotatable bonds is 11. The lowest BCUT2D eigenvalue weighted by atomic mass is 9.92. The number of hydrogen-bond donors (Lipinski definition) is 1. The van der Waals surface area contributed by atoms with Crippen LogP contribution in [0.15, 0.2) is 0 Å². The molecule has 0 aromatic carbocycles. The van der Waals surface area contributed by atoms with Crippen molar-refractivity contribution < 1.29 is 0 Å². The van der Waals surface area contributed by atoms with E-state index in [2.05, 4.69) is 32.1 Å². The average Bonchev–Trinajstić information content (AvgIpc) is 2.35. The van der Waals surface area contributed by atoms with Crippen molar-refractivity contribution in [1.82, 2.24) is 4.90 Å². The van der Waals surface area contributed by atoms with Gasteiger partial charge in [0, 0.05) is 24.4 Å². The summed E-state index contributed by atoms with van der Waals surface area (Å²) in [5, 5.41) is 0. The molecule has 17 heavy (non-hydrogen) atoms. The summed E-state index contributed by atoms with van der Waals surface area (Å²) in [4.78, 5) is 2.45. The van der Waals surface area contributed by atoms with Gasteiger partial charge in [0.15, 0.2) is 0 Å². The Morgan fingerprint density at radius 2 is 1.82 bits per heavy atom. The van der Waals surface area contributed by atoms with Crippen molar-refractivity contribution >= 4 is 11.8 Å². The third kappa shape index (κ3) is 7.32. The van der Waals surface area contributed by atoms with E-state index in [9.17, 15) is 0 Å². The number of hydrogen-bond acceptors (Lipinski definition) is 3. The molecule has 0 bridgehead atoms. The van der Waals surface area contributed by atoms with Gasteiger partial charge in [0.05, 0.1) is 0 Å². The van der Waals surface area contributed by atoms with Crippen LogP contribution in [0.4, 0.5) is 0 Å². The first-order valence-electron chi connectivity index (χ1n) is 7.01. The second kappa shape index (κ2) is 10.2. The van der Waals surface area contributed by atoms with Crippen LogP contribution in [0.1, 0.15) is 52.4 Å². The van der Waals surface area contributed by atoms with Gasteiger partial charge < -0.3 is 5.73 Å². The van der Waals surface area contributed by atoms with E-state index < -0.39 is 0 Å². The maximum atomic E-state index is 5.97. The highest BCUT2D eigenvalue weighted by atomic mass is 32.2. The van der Waals surface area contributed by atoms with Crippen molar-refractivity contribution in [2.75, 3.05) is 32.1 Å². The fourth-order valence-electron chi connectivity index (χ4n) is 2.06. The summed E-state index contributed by atoms with van der Waals surface area (Å²) in [6.07, 6.45) is 10.2. The molecule has 0 aromatic heterocycles. The fraction of sp³-hybridized carbons (Fsp3) is 1.00. The molecule has 0 fully saturated rings. The average molecular weight is 260 g/mol. The summed E-state index contributed by atoms with van der Waals surface area (Å²) in [5.41, 5.74) is 6.17. The number of thioether (sulfide) groups is 1. The molecule has 0 aliphatic heterocycles. The zero-order chi connectivity index (χ0) is 13.1. The van der Waals surface area contributed by atoms with Crippen molar-refractivity contribution in [3.63, 3.8) is 0 Å². The standard InChI is InChI=1S/C14H32N2S/c1-5-6-7-8-9-10-14(2,13-15)16(3)11-12-17-4/h5-13,15H2,1-4H3. The van der Waals surface area contributed by atoms with Crippen LogP contribution in [-0.2, 0) is 0 Å². The highest BCUT2D eigenvalue weighted by Gasteiger charge is 2.26. The molecule has 3 heteroatoms. The summed E-state index contributed by atoms with van der Waals surface area (Å²) in [5.74, 6) is 1.20. The molecule has 2 nitrogen and oxygen atoms in total. The number of nitrogens with zero attached hydrogens (tertiary/aromatic N) is 1. The van der Waals surface area contributed by atoms with E-state index >= 15 is 0 Å². The molecule has 0 aromatic rings. The lowest BCUT2D eigenvalue weighted by molar-refractivity contribution is 0.139. The highest BCUT2D eigenvalue weighted by molar-refractivity contribution is 7.98. The Balaban J connectivity index is 3.90. The normalized spacial score (nSPS) is 15.2. The monoisotopic (exact) mass is 260 g/mol. The second-order valence-corrected chi connectivity index (χ2v) is 6.27. The summed E-state index contributed by atoms with van der Waals surface area (Å²) in [6.45, 7) is 6.49. The van der Waals surface area contributed by atoms with E-state index in [0.29, 0.717) is 0 Å². The molecule has 104 valence electrons. The maximum Gasteiger partial charge on any atom is 0.0300 e. The predicted octanol–water partition coefficient (Wildman–Crippen LogP) is 3.36. The van der Waals surface area contributed by atoms with Crippen molar-refractivity contribution in [3.8, 4) is 0 Å². The molecule has 1 atom stereocenters. The minimum atomic E-state index is 0.196. The van der Waals surface area contributed by atoms with Gasteiger partial charge in [-0.05, 0) is 26.6 Å². The Morgan fingerprint density at radius 3 is 2.35 bits per heavy atom. The SMILES string of the molecule is CCCCCCCC(C)(CN)N(C)CCSC. The summed E-state index contributed by atoms with van der Waals surface area (Å²) in [7, 11) is 2.22. The zero-order valence-corrected chi connectivity index (χ0v) is 13.1. The summed E-state index contributed by atoms with van der Waals surface area (Å²) in [6, 6.07) is 0. The van der Waals surface area contributed by atoms with Gasteiger partial charge in [-0.1, -0.05) is 39.0 Å². The predicted molar refractivity (Wildman–Crippen MR) is 81.8 cm³/mol. The van der Waals surface area contributed by atoms with E-state index in [-0.39, 0.29) is 5.54 Å². The molecular weight excluding hydrogens is 228 g/mol. The van der Waals surface area contributed by atoms with Crippen LogP contribution in [0.5, 0.6) is 0 Å². The number of unbranched alkanes of at least 4 members (excludes halogenated alkanes) is 4. The zero-order valence-electron chi connectivity index (χ0n) is 12.3. The number of likely N-dealkylation sites (N-methyl/N-ethyl adjacent to an activating group) is 1. The first kappa shape index (κ1) is 17.3. The molecule has 0 radical (unpaired) electrons. The van der Waals surface area contributed by atoms with Gasteiger partial charge in [0.25, 0.3) is 0 Å². The topological polar surface area (TPSA) is 29.3 Å². The van der Waals surface area contributed by atoms with E-state index in [0.717, 1.165) is 13.1 Å². The minimum Gasteiger partial charge on any atom is -0.329 e. The van der Waals surface area contributed by atoms with Gasteiger partial charge in [-0.15, -0.1) is 0 Å². The molecule has 0 saturated carbocycles. The smallest absolute Gasteiger partial charge is 0.0300 e. The Kier molecular flexibility index (Phi) is 10.4. The molecule has 0 saturated heterocycles. The van der Waals surface area contributed by atoms with E-state index in [1.54, 1.807) is 0 Å². The van der Waals surface area contributed by atoms with Gasteiger partial charge in [0.2, 0.25) is 0 Å². The van der Waals surface area contributed by atoms with Gasteiger partial charge >= 0.3 is 0 Å². The molecule has 0 spiro atoms. The molecule has 2 N–H and O–H groups in total. The quantitative estimate of drug-likeness (QED) is 0.578. The van der Waals surface area contributed by atoms with Crippen molar-refractivity contribution in [2.24, 2.45) is 5.73 Å². The molecule has 0 rings (SSSR count). The van der Waals surface area contributed by atoms with Crippen LogP contribution in [0, 0.1) is 0 Å². The molecule has 0 aliphatic rings. The summed E-state index contributed by atoms with van der Waals surface area (Å²) >= 11 is 1.91. The maximum absolute atomic E-state index is 5.97. The van der Waals surface area contributed by atoms with Gasteiger partial charge in [0.1, 0.15) is 0 Å². The van der Waals surface area contributed by atoms with Gasteiger partial charge in [-0.2, -0.15) is 11.8 Å². The van der Waals surface area contributed by atoms with E-state index in [4.69, 9.17) is 5.73 Å². The van der Waals surface area contributed by atoms with Crippen LogP contribution in [0.2, 0.25) is 0 Å². The fourth-order valence-corrected chi connectivity index (χ4v) is 2.51. The molecule has 0 heterocycles. The van der Waals surface area contributed by atoms with Crippen LogP contribution in [-0.4, -0.2) is 42.6 Å². The Hall–Kier alpha value is 0.270. The highest BCUT2D eigenvalue weighted by Crippen LogP contribution is 2.21.